The Hall–Kier alpha value is -3.93. The summed E-state index contributed by atoms with van der Waals surface area (Å²) in [5.74, 6) is -0.283. The summed E-state index contributed by atoms with van der Waals surface area (Å²) in [6.45, 7) is 4.92. The van der Waals surface area contributed by atoms with Crippen molar-refractivity contribution in [2.24, 2.45) is 0 Å². The SMILES string of the molecule is CCCCCOc1ccc(C2/C(=C(\O)c3ccncc3)C(=O)C(=O)N2c2nnc(SCc3ccc(Cl)cc3)s2)cc1OCC. The number of ketones is 1. The third-order valence-corrected chi connectivity index (χ3v) is 9.24. The summed E-state index contributed by atoms with van der Waals surface area (Å²) >= 11 is 8.66. The van der Waals surface area contributed by atoms with Gasteiger partial charge in [0.25, 0.3) is 5.78 Å². The molecule has 0 bridgehead atoms. The Morgan fingerprint density at radius 2 is 1.77 bits per heavy atom. The van der Waals surface area contributed by atoms with Crippen LogP contribution in [0.25, 0.3) is 5.76 Å². The summed E-state index contributed by atoms with van der Waals surface area (Å²) in [6, 6.07) is 15.0. The van der Waals surface area contributed by atoms with Crippen LogP contribution in [0.4, 0.5) is 5.13 Å². The fourth-order valence-corrected chi connectivity index (χ4v) is 6.66. The third-order valence-electron chi connectivity index (χ3n) is 6.86. The Kier molecular flexibility index (Phi) is 10.5. The first-order valence-corrected chi connectivity index (χ1v) is 16.4. The number of unbranched alkanes of at least 4 members (excludes halogenated alkanes) is 2. The number of benzene rings is 2. The lowest BCUT2D eigenvalue weighted by atomic mass is 9.95. The highest BCUT2D eigenvalue weighted by molar-refractivity contribution is 8.00. The van der Waals surface area contributed by atoms with Crippen LogP contribution in [0, 0.1) is 0 Å². The lowest BCUT2D eigenvalue weighted by Gasteiger charge is -2.23. The molecule has 0 radical (unpaired) electrons. The number of aromatic nitrogens is 3. The number of ether oxygens (including phenoxy) is 2. The Balaban J connectivity index is 1.53. The Bertz CT molecular complexity index is 1650. The fourth-order valence-electron chi connectivity index (χ4n) is 4.71. The van der Waals surface area contributed by atoms with Gasteiger partial charge in [0.2, 0.25) is 5.13 Å². The molecule has 12 heteroatoms. The van der Waals surface area contributed by atoms with Gasteiger partial charge in [0.15, 0.2) is 15.8 Å². The normalized spacial score (nSPS) is 16.0. The van der Waals surface area contributed by atoms with Gasteiger partial charge in [-0.3, -0.25) is 19.5 Å². The minimum Gasteiger partial charge on any atom is -0.507 e. The first-order chi connectivity index (χ1) is 21.4. The molecule has 1 fully saturated rings. The smallest absolute Gasteiger partial charge is 0.301 e. The van der Waals surface area contributed by atoms with E-state index in [1.165, 1.54) is 40.4 Å². The minimum atomic E-state index is -0.987. The molecule has 5 rings (SSSR count). The second kappa shape index (κ2) is 14.7. The van der Waals surface area contributed by atoms with Gasteiger partial charge >= 0.3 is 5.91 Å². The minimum absolute atomic E-state index is 0.0640. The van der Waals surface area contributed by atoms with Crippen LogP contribution >= 0.6 is 34.7 Å². The number of pyridine rings is 1. The van der Waals surface area contributed by atoms with Crippen molar-refractivity contribution in [1.29, 1.82) is 0 Å². The molecule has 44 heavy (non-hydrogen) atoms. The summed E-state index contributed by atoms with van der Waals surface area (Å²) in [5.41, 5.74) is 1.90. The summed E-state index contributed by atoms with van der Waals surface area (Å²) < 4.78 is 12.5. The quantitative estimate of drug-likeness (QED) is 0.0393. The van der Waals surface area contributed by atoms with Crippen LogP contribution in [0.3, 0.4) is 0 Å². The van der Waals surface area contributed by atoms with Gasteiger partial charge in [-0.15, -0.1) is 10.2 Å². The van der Waals surface area contributed by atoms with Gasteiger partial charge < -0.3 is 14.6 Å². The molecule has 1 aliphatic heterocycles. The van der Waals surface area contributed by atoms with Gasteiger partial charge in [0, 0.05) is 28.7 Å². The maximum Gasteiger partial charge on any atom is 0.301 e. The van der Waals surface area contributed by atoms with E-state index in [0.717, 1.165) is 24.8 Å². The van der Waals surface area contributed by atoms with Gasteiger partial charge in [-0.2, -0.15) is 0 Å². The molecule has 1 unspecified atom stereocenters. The monoisotopic (exact) mass is 650 g/mol. The van der Waals surface area contributed by atoms with E-state index in [1.54, 1.807) is 30.3 Å². The molecule has 1 saturated heterocycles. The largest absolute Gasteiger partial charge is 0.507 e. The predicted molar refractivity (Wildman–Crippen MR) is 173 cm³/mol. The number of hydrogen-bond donors (Lipinski definition) is 1. The molecule has 1 N–H and O–H groups in total. The van der Waals surface area contributed by atoms with Gasteiger partial charge in [-0.05, 0) is 60.9 Å². The van der Waals surface area contributed by atoms with Crippen molar-refractivity contribution in [3.8, 4) is 11.5 Å². The molecule has 1 amide bonds. The number of carbonyl (C=O) groups is 2. The van der Waals surface area contributed by atoms with E-state index < -0.39 is 17.7 Å². The molecule has 0 saturated carbocycles. The van der Waals surface area contributed by atoms with Crippen LogP contribution in [-0.4, -0.2) is 45.2 Å². The van der Waals surface area contributed by atoms with Crippen molar-refractivity contribution in [3.63, 3.8) is 0 Å². The number of nitrogens with zero attached hydrogens (tertiary/aromatic N) is 4. The summed E-state index contributed by atoms with van der Waals surface area (Å²) in [6.07, 6.45) is 6.04. The first kappa shape index (κ1) is 31.5. The number of aliphatic hydroxyl groups is 1. The van der Waals surface area contributed by atoms with Gasteiger partial charge in [-0.25, -0.2) is 0 Å². The molecule has 1 atom stereocenters. The zero-order valence-electron chi connectivity index (χ0n) is 24.2. The number of hydrogen-bond acceptors (Lipinski definition) is 10. The number of halogens is 1. The number of Topliss-reactive ketones (excluding diaryl/α,β-unsaturated/α-hetero) is 1. The van der Waals surface area contributed by atoms with Crippen molar-refractivity contribution < 1.29 is 24.2 Å². The highest BCUT2D eigenvalue weighted by Crippen LogP contribution is 2.45. The molecule has 0 spiro atoms. The molecule has 3 heterocycles. The number of amides is 1. The maximum absolute atomic E-state index is 13.6. The van der Waals surface area contributed by atoms with E-state index in [1.807, 2.05) is 31.2 Å². The second-order valence-electron chi connectivity index (χ2n) is 9.87. The van der Waals surface area contributed by atoms with Crippen molar-refractivity contribution in [2.45, 2.75) is 49.2 Å². The second-order valence-corrected chi connectivity index (χ2v) is 12.5. The summed E-state index contributed by atoms with van der Waals surface area (Å²) in [5, 5.41) is 20.9. The predicted octanol–water partition coefficient (Wildman–Crippen LogP) is 7.47. The maximum atomic E-state index is 13.6. The summed E-state index contributed by atoms with van der Waals surface area (Å²) in [7, 11) is 0. The lowest BCUT2D eigenvalue weighted by molar-refractivity contribution is -0.132. The van der Waals surface area contributed by atoms with Crippen LogP contribution in [0.2, 0.25) is 5.02 Å². The lowest BCUT2D eigenvalue weighted by Crippen LogP contribution is -2.29. The van der Waals surface area contributed by atoms with E-state index >= 15 is 0 Å². The zero-order valence-corrected chi connectivity index (χ0v) is 26.6. The van der Waals surface area contributed by atoms with Gasteiger partial charge in [0.05, 0.1) is 24.8 Å². The Labute approximate surface area is 268 Å². The van der Waals surface area contributed by atoms with Crippen LogP contribution < -0.4 is 14.4 Å². The van der Waals surface area contributed by atoms with E-state index in [9.17, 15) is 14.7 Å². The molecule has 2 aromatic carbocycles. The number of rotatable bonds is 13. The Morgan fingerprint density at radius 3 is 2.50 bits per heavy atom. The number of carbonyl (C=O) groups excluding carboxylic acids is 2. The highest BCUT2D eigenvalue weighted by Gasteiger charge is 2.48. The van der Waals surface area contributed by atoms with Crippen molar-refractivity contribution in [2.75, 3.05) is 18.1 Å². The number of anilines is 1. The van der Waals surface area contributed by atoms with Crippen molar-refractivity contribution in [1.82, 2.24) is 15.2 Å². The van der Waals surface area contributed by atoms with E-state index in [0.29, 0.717) is 51.0 Å². The average Bonchev–Trinajstić information content (AvgIpc) is 3.61. The van der Waals surface area contributed by atoms with E-state index in [2.05, 4.69) is 22.1 Å². The van der Waals surface area contributed by atoms with Crippen LogP contribution in [0.1, 0.15) is 55.8 Å². The topological polar surface area (TPSA) is 115 Å². The molecular weight excluding hydrogens is 620 g/mol. The highest BCUT2D eigenvalue weighted by atomic mass is 35.5. The molecule has 0 aliphatic carbocycles. The molecule has 9 nitrogen and oxygen atoms in total. The van der Waals surface area contributed by atoms with Gasteiger partial charge in [-0.1, -0.05) is 72.7 Å². The van der Waals surface area contributed by atoms with E-state index in [-0.39, 0.29) is 16.5 Å². The van der Waals surface area contributed by atoms with E-state index in [4.69, 9.17) is 21.1 Å². The first-order valence-electron chi connectivity index (χ1n) is 14.2. The molecule has 4 aromatic rings. The fraction of sp³-hybridized carbons (Fsp3) is 0.281. The van der Waals surface area contributed by atoms with Gasteiger partial charge in [0.1, 0.15) is 5.76 Å². The van der Waals surface area contributed by atoms with Crippen molar-refractivity contribution >= 4 is 57.3 Å². The Morgan fingerprint density at radius 1 is 1.00 bits per heavy atom. The standard InChI is InChI=1S/C32H31ClN4O5S2/c1-3-5-6-17-42-24-12-9-22(18-25(24)41-4-2)27-26(28(38)21-13-15-34-16-14-21)29(39)30(40)37(27)31-35-36-32(44-31)43-19-20-7-10-23(33)11-8-20/h7-16,18,27,38H,3-6,17,19H2,1-2H3/b28-26+. The molecule has 1 aliphatic rings. The van der Waals surface area contributed by atoms with Crippen molar-refractivity contribution in [3.05, 3.63) is 94.3 Å². The number of thioether (sulfide) groups is 1. The number of aliphatic hydroxyl groups excluding tert-OH is 1. The third kappa shape index (κ3) is 7.06. The van der Waals surface area contributed by atoms with Crippen LogP contribution in [0.5, 0.6) is 11.5 Å². The molecular formula is C32H31ClN4O5S2. The molecule has 2 aromatic heterocycles. The van der Waals surface area contributed by atoms with Crippen LogP contribution in [0.15, 0.2) is 76.9 Å². The zero-order chi connectivity index (χ0) is 31.1. The van der Waals surface area contributed by atoms with Crippen LogP contribution in [-0.2, 0) is 15.3 Å². The molecule has 228 valence electrons. The average molecular weight is 651 g/mol. The summed E-state index contributed by atoms with van der Waals surface area (Å²) in [4.78, 5) is 32.5.